The van der Waals surface area contributed by atoms with E-state index in [-0.39, 0.29) is 10.6 Å². The SMILES string of the molecule is Cc1ccc(Sc2ccc(CN3CCCCC3C(=O)O)cc2[N+](=O)[O-])cc1. The second-order valence-electron chi connectivity index (χ2n) is 6.79. The standard InChI is InChI=1S/C20H22N2O4S/c1-14-5-8-16(9-6-14)27-19-10-7-15(12-18(19)22(25)26)13-21-11-3-2-4-17(21)20(23)24/h5-10,12,17H,2-4,11,13H2,1H3,(H,23,24). The fourth-order valence-electron chi connectivity index (χ4n) is 3.32. The summed E-state index contributed by atoms with van der Waals surface area (Å²) in [7, 11) is 0. The van der Waals surface area contributed by atoms with E-state index in [1.807, 2.05) is 42.2 Å². The van der Waals surface area contributed by atoms with Crippen molar-refractivity contribution in [2.75, 3.05) is 6.54 Å². The van der Waals surface area contributed by atoms with Crippen molar-refractivity contribution in [1.82, 2.24) is 4.90 Å². The smallest absolute Gasteiger partial charge is 0.320 e. The molecule has 1 unspecified atom stereocenters. The highest BCUT2D eigenvalue weighted by atomic mass is 32.2. The second-order valence-corrected chi connectivity index (χ2v) is 7.91. The highest BCUT2D eigenvalue weighted by Gasteiger charge is 2.28. The van der Waals surface area contributed by atoms with Gasteiger partial charge in [0, 0.05) is 17.5 Å². The Bertz CT molecular complexity index is 838. The molecule has 7 heteroatoms. The number of hydrogen-bond acceptors (Lipinski definition) is 5. The molecule has 1 N–H and O–H groups in total. The molecule has 6 nitrogen and oxygen atoms in total. The van der Waals surface area contributed by atoms with E-state index in [4.69, 9.17) is 0 Å². The average Bonchev–Trinajstić information content (AvgIpc) is 2.65. The summed E-state index contributed by atoms with van der Waals surface area (Å²) < 4.78 is 0. The van der Waals surface area contributed by atoms with Gasteiger partial charge in [-0.25, -0.2) is 0 Å². The summed E-state index contributed by atoms with van der Waals surface area (Å²) in [5.41, 5.74) is 1.96. The number of carbonyl (C=O) groups is 1. The number of benzene rings is 2. The highest BCUT2D eigenvalue weighted by Crippen LogP contribution is 2.36. The summed E-state index contributed by atoms with van der Waals surface area (Å²) in [6.07, 6.45) is 2.48. The van der Waals surface area contributed by atoms with Crippen LogP contribution in [0.2, 0.25) is 0 Å². The fourth-order valence-corrected chi connectivity index (χ4v) is 4.22. The van der Waals surface area contributed by atoms with Crippen LogP contribution in [0.3, 0.4) is 0 Å². The van der Waals surface area contributed by atoms with E-state index in [1.165, 1.54) is 11.8 Å². The molecule has 0 spiro atoms. The zero-order chi connectivity index (χ0) is 19.4. The van der Waals surface area contributed by atoms with Crippen LogP contribution in [0.25, 0.3) is 0 Å². The van der Waals surface area contributed by atoms with Crippen LogP contribution in [0, 0.1) is 17.0 Å². The van der Waals surface area contributed by atoms with Gasteiger partial charge < -0.3 is 5.11 Å². The van der Waals surface area contributed by atoms with Gasteiger partial charge in [-0.05, 0) is 50.1 Å². The van der Waals surface area contributed by atoms with E-state index in [9.17, 15) is 20.0 Å². The first-order valence-corrected chi connectivity index (χ1v) is 9.74. The number of aliphatic carboxylic acids is 1. The molecule has 0 bridgehead atoms. The van der Waals surface area contributed by atoms with Crippen LogP contribution >= 0.6 is 11.8 Å². The van der Waals surface area contributed by atoms with Gasteiger partial charge in [0.25, 0.3) is 5.69 Å². The third-order valence-corrected chi connectivity index (χ3v) is 5.83. The number of piperidine rings is 1. The van der Waals surface area contributed by atoms with Gasteiger partial charge >= 0.3 is 5.97 Å². The molecule has 1 atom stereocenters. The maximum atomic E-state index is 11.6. The minimum atomic E-state index is -0.823. The number of nitro benzene ring substituents is 1. The van der Waals surface area contributed by atoms with E-state index in [1.54, 1.807) is 12.1 Å². The fraction of sp³-hybridized carbons (Fsp3) is 0.350. The molecule has 1 fully saturated rings. The number of rotatable bonds is 6. The van der Waals surface area contributed by atoms with Gasteiger partial charge in [0.2, 0.25) is 0 Å². The van der Waals surface area contributed by atoms with E-state index in [2.05, 4.69) is 0 Å². The minimum Gasteiger partial charge on any atom is -0.480 e. The summed E-state index contributed by atoms with van der Waals surface area (Å²) >= 11 is 1.36. The summed E-state index contributed by atoms with van der Waals surface area (Å²) in [6, 6.07) is 12.5. The zero-order valence-corrected chi connectivity index (χ0v) is 15.9. The molecule has 1 aliphatic heterocycles. The number of nitrogens with zero attached hydrogens (tertiary/aromatic N) is 2. The topological polar surface area (TPSA) is 83.7 Å². The van der Waals surface area contributed by atoms with Crippen molar-refractivity contribution >= 4 is 23.4 Å². The third-order valence-electron chi connectivity index (χ3n) is 4.75. The lowest BCUT2D eigenvalue weighted by Gasteiger charge is -2.32. The van der Waals surface area contributed by atoms with E-state index < -0.39 is 12.0 Å². The Balaban J connectivity index is 1.81. The van der Waals surface area contributed by atoms with Crippen molar-refractivity contribution in [2.45, 2.75) is 48.6 Å². The van der Waals surface area contributed by atoms with Gasteiger partial charge in [0.15, 0.2) is 0 Å². The van der Waals surface area contributed by atoms with Crippen LogP contribution in [0.1, 0.15) is 30.4 Å². The third kappa shape index (κ3) is 4.87. The van der Waals surface area contributed by atoms with Crippen molar-refractivity contribution in [2.24, 2.45) is 0 Å². The molecule has 1 saturated heterocycles. The maximum absolute atomic E-state index is 11.6. The number of carboxylic acids is 1. The van der Waals surface area contributed by atoms with Crippen LogP contribution in [-0.4, -0.2) is 33.5 Å². The van der Waals surface area contributed by atoms with E-state index in [0.717, 1.165) is 28.9 Å². The molecule has 0 aliphatic carbocycles. The molecular formula is C20H22N2O4S. The molecule has 0 saturated carbocycles. The lowest BCUT2D eigenvalue weighted by molar-refractivity contribution is -0.387. The number of nitro groups is 1. The summed E-state index contributed by atoms with van der Waals surface area (Å²) in [6.45, 7) is 3.11. The van der Waals surface area contributed by atoms with E-state index >= 15 is 0 Å². The molecule has 0 radical (unpaired) electrons. The quantitative estimate of drug-likeness (QED) is 0.581. The predicted octanol–water partition coefficient (Wildman–Crippen LogP) is 4.49. The first-order valence-electron chi connectivity index (χ1n) is 8.93. The second kappa shape index (κ2) is 8.54. The number of hydrogen-bond donors (Lipinski definition) is 1. The van der Waals surface area contributed by atoms with Crippen molar-refractivity contribution in [3.05, 3.63) is 63.7 Å². The van der Waals surface area contributed by atoms with Gasteiger partial charge in [-0.15, -0.1) is 0 Å². The van der Waals surface area contributed by atoms with E-state index in [0.29, 0.717) is 24.4 Å². The Morgan fingerprint density at radius 2 is 2.00 bits per heavy atom. The summed E-state index contributed by atoms with van der Waals surface area (Å²) in [5.74, 6) is -0.823. The van der Waals surface area contributed by atoms with Gasteiger partial charge in [-0.1, -0.05) is 41.9 Å². The highest BCUT2D eigenvalue weighted by molar-refractivity contribution is 7.99. The maximum Gasteiger partial charge on any atom is 0.320 e. The van der Waals surface area contributed by atoms with Gasteiger partial charge in [0.05, 0.1) is 9.82 Å². The molecule has 0 aromatic heterocycles. The Hall–Kier alpha value is -2.38. The number of likely N-dealkylation sites (tertiary alicyclic amines) is 1. The molecule has 3 rings (SSSR count). The van der Waals surface area contributed by atoms with Gasteiger partial charge in [-0.3, -0.25) is 19.8 Å². The monoisotopic (exact) mass is 386 g/mol. The number of carboxylic acid groups (broad SMARTS) is 1. The molecule has 2 aromatic rings. The molecule has 142 valence electrons. The van der Waals surface area contributed by atoms with Crippen LogP contribution < -0.4 is 0 Å². The van der Waals surface area contributed by atoms with Crippen LogP contribution in [0.5, 0.6) is 0 Å². The molecule has 1 aliphatic rings. The lowest BCUT2D eigenvalue weighted by Crippen LogP contribution is -2.43. The van der Waals surface area contributed by atoms with Gasteiger partial charge in [-0.2, -0.15) is 0 Å². The molecule has 27 heavy (non-hydrogen) atoms. The van der Waals surface area contributed by atoms with Crippen LogP contribution in [0.4, 0.5) is 5.69 Å². The zero-order valence-electron chi connectivity index (χ0n) is 15.1. The first-order chi connectivity index (χ1) is 12.9. The lowest BCUT2D eigenvalue weighted by atomic mass is 10.0. The average molecular weight is 386 g/mol. The van der Waals surface area contributed by atoms with Crippen molar-refractivity contribution in [3.8, 4) is 0 Å². The molecule has 0 amide bonds. The van der Waals surface area contributed by atoms with Crippen molar-refractivity contribution in [1.29, 1.82) is 0 Å². The Labute approximate surface area is 162 Å². The molecule has 2 aromatic carbocycles. The van der Waals surface area contributed by atoms with Crippen LogP contribution in [-0.2, 0) is 11.3 Å². The Kier molecular flexibility index (Phi) is 6.13. The number of aryl methyl sites for hydroxylation is 1. The largest absolute Gasteiger partial charge is 0.480 e. The normalized spacial score (nSPS) is 17.6. The van der Waals surface area contributed by atoms with Gasteiger partial charge in [0.1, 0.15) is 6.04 Å². The summed E-state index contributed by atoms with van der Waals surface area (Å²) in [4.78, 5) is 26.1. The first kappa shape index (κ1) is 19.4. The van der Waals surface area contributed by atoms with Crippen LogP contribution in [0.15, 0.2) is 52.3 Å². The summed E-state index contributed by atoms with van der Waals surface area (Å²) in [5, 5.41) is 21.0. The minimum absolute atomic E-state index is 0.0574. The van der Waals surface area contributed by atoms with Crippen molar-refractivity contribution < 1.29 is 14.8 Å². The molecule has 1 heterocycles. The van der Waals surface area contributed by atoms with Crippen molar-refractivity contribution in [3.63, 3.8) is 0 Å². The Morgan fingerprint density at radius 3 is 2.67 bits per heavy atom. The Morgan fingerprint density at radius 1 is 1.26 bits per heavy atom. The molecular weight excluding hydrogens is 364 g/mol. The predicted molar refractivity (Wildman–Crippen MR) is 104 cm³/mol.